The second-order valence-electron chi connectivity index (χ2n) is 4.68. The van der Waals surface area contributed by atoms with Crippen molar-refractivity contribution in [2.24, 2.45) is 5.73 Å². The summed E-state index contributed by atoms with van der Waals surface area (Å²) in [7, 11) is 1.57. The van der Waals surface area contributed by atoms with E-state index in [1.807, 2.05) is 12.1 Å². The molecule has 2 aromatic carbocycles. The van der Waals surface area contributed by atoms with Gasteiger partial charge in [0.05, 0.1) is 7.11 Å². The highest BCUT2D eigenvalue weighted by Crippen LogP contribution is 2.35. The highest BCUT2D eigenvalue weighted by Gasteiger charge is 2.14. The van der Waals surface area contributed by atoms with Gasteiger partial charge in [-0.25, -0.2) is 4.39 Å². The Bertz CT molecular complexity index is 611. The number of methoxy groups -OCH3 is 1. The SMILES string of the molecule is COc1ccccc1Oc1cc(C)c(F)cc1C(C)N. The third-order valence-corrected chi connectivity index (χ3v) is 3.07. The maximum Gasteiger partial charge on any atom is 0.169 e. The Balaban J connectivity index is 2.45. The van der Waals surface area contributed by atoms with Gasteiger partial charge in [-0.05, 0) is 43.7 Å². The van der Waals surface area contributed by atoms with E-state index in [0.717, 1.165) is 0 Å². The average molecular weight is 275 g/mol. The number of rotatable bonds is 4. The second kappa shape index (κ2) is 5.92. The fourth-order valence-corrected chi connectivity index (χ4v) is 1.94. The van der Waals surface area contributed by atoms with Crippen molar-refractivity contribution < 1.29 is 13.9 Å². The number of aryl methyl sites for hydroxylation is 1. The van der Waals surface area contributed by atoms with Crippen molar-refractivity contribution in [3.63, 3.8) is 0 Å². The van der Waals surface area contributed by atoms with Gasteiger partial charge >= 0.3 is 0 Å². The molecule has 0 amide bonds. The lowest BCUT2D eigenvalue weighted by Gasteiger charge is -2.16. The first-order valence-electron chi connectivity index (χ1n) is 6.39. The molecule has 1 atom stereocenters. The van der Waals surface area contributed by atoms with Crippen LogP contribution >= 0.6 is 0 Å². The van der Waals surface area contributed by atoms with Crippen LogP contribution in [-0.4, -0.2) is 7.11 Å². The lowest BCUT2D eigenvalue weighted by atomic mass is 10.0. The molecule has 20 heavy (non-hydrogen) atoms. The topological polar surface area (TPSA) is 44.5 Å². The second-order valence-corrected chi connectivity index (χ2v) is 4.68. The van der Waals surface area contributed by atoms with Gasteiger partial charge in [0.1, 0.15) is 11.6 Å². The number of halogens is 1. The summed E-state index contributed by atoms with van der Waals surface area (Å²) in [5.74, 6) is 1.45. The zero-order chi connectivity index (χ0) is 14.7. The van der Waals surface area contributed by atoms with E-state index in [2.05, 4.69) is 0 Å². The van der Waals surface area contributed by atoms with Crippen LogP contribution in [0.2, 0.25) is 0 Å². The molecule has 4 heteroatoms. The Kier molecular flexibility index (Phi) is 4.25. The fraction of sp³-hybridized carbons (Fsp3) is 0.250. The molecule has 2 N–H and O–H groups in total. The van der Waals surface area contributed by atoms with E-state index in [1.165, 1.54) is 6.07 Å². The molecule has 0 aliphatic heterocycles. The lowest BCUT2D eigenvalue weighted by Crippen LogP contribution is -2.08. The maximum absolute atomic E-state index is 13.7. The zero-order valence-electron chi connectivity index (χ0n) is 11.8. The molecule has 1 unspecified atom stereocenters. The van der Waals surface area contributed by atoms with Gasteiger partial charge in [-0.1, -0.05) is 12.1 Å². The standard InChI is InChI=1S/C16H18FNO2/c1-10-8-16(12(11(2)18)9-13(10)17)20-15-7-5-4-6-14(15)19-3/h4-9,11H,18H2,1-3H3. The van der Waals surface area contributed by atoms with Gasteiger partial charge in [-0.2, -0.15) is 0 Å². The van der Waals surface area contributed by atoms with E-state index >= 15 is 0 Å². The normalized spacial score (nSPS) is 12.1. The Labute approximate surface area is 118 Å². The van der Waals surface area contributed by atoms with Crippen LogP contribution < -0.4 is 15.2 Å². The number of hydrogen-bond acceptors (Lipinski definition) is 3. The Morgan fingerprint density at radius 1 is 1.10 bits per heavy atom. The largest absolute Gasteiger partial charge is 0.493 e. The third kappa shape index (κ3) is 2.91. The molecule has 0 saturated carbocycles. The van der Waals surface area contributed by atoms with Crippen LogP contribution in [-0.2, 0) is 0 Å². The molecule has 0 aliphatic carbocycles. The summed E-state index contributed by atoms with van der Waals surface area (Å²) < 4.78 is 24.8. The van der Waals surface area contributed by atoms with Crippen LogP contribution in [0.25, 0.3) is 0 Å². The summed E-state index contributed by atoms with van der Waals surface area (Å²) in [4.78, 5) is 0. The highest BCUT2D eigenvalue weighted by atomic mass is 19.1. The molecule has 0 saturated heterocycles. The number of para-hydroxylation sites is 2. The summed E-state index contributed by atoms with van der Waals surface area (Å²) in [6, 6.07) is 10.0. The van der Waals surface area contributed by atoms with Gasteiger partial charge in [0.25, 0.3) is 0 Å². The summed E-state index contributed by atoms with van der Waals surface area (Å²) in [5, 5.41) is 0. The minimum atomic E-state index is -0.324. The molecule has 0 heterocycles. The first kappa shape index (κ1) is 14.3. The Morgan fingerprint density at radius 3 is 2.35 bits per heavy atom. The summed E-state index contributed by atoms with van der Waals surface area (Å²) in [6.07, 6.45) is 0. The third-order valence-electron chi connectivity index (χ3n) is 3.07. The van der Waals surface area contributed by atoms with E-state index in [4.69, 9.17) is 15.2 Å². The molecular formula is C16H18FNO2. The van der Waals surface area contributed by atoms with Gasteiger partial charge in [0.2, 0.25) is 0 Å². The van der Waals surface area contributed by atoms with Gasteiger partial charge in [-0.15, -0.1) is 0 Å². The Hall–Kier alpha value is -2.07. The predicted molar refractivity (Wildman–Crippen MR) is 76.8 cm³/mol. The Morgan fingerprint density at radius 2 is 1.75 bits per heavy atom. The molecule has 0 radical (unpaired) electrons. The fourth-order valence-electron chi connectivity index (χ4n) is 1.94. The average Bonchev–Trinajstić information content (AvgIpc) is 2.43. The quantitative estimate of drug-likeness (QED) is 0.918. The summed E-state index contributed by atoms with van der Waals surface area (Å²) >= 11 is 0. The number of ether oxygens (including phenoxy) is 2. The van der Waals surface area contributed by atoms with Crippen LogP contribution in [0.4, 0.5) is 4.39 Å². The first-order chi connectivity index (χ1) is 9.52. The van der Waals surface area contributed by atoms with Crippen molar-refractivity contribution in [3.8, 4) is 17.2 Å². The van der Waals surface area contributed by atoms with E-state index < -0.39 is 0 Å². The molecule has 0 bridgehead atoms. The number of nitrogens with two attached hydrogens (primary N) is 1. The van der Waals surface area contributed by atoms with Gasteiger partial charge < -0.3 is 15.2 Å². The van der Waals surface area contributed by atoms with Crippen molar-refractivity contribution in [3.05, 3.63) is 53.3 Å². The minimum Gasteiger partial charge on any atom is -0.493 e. The maximum atomic E-state index is 13.7. The van der Waals surface area contributed by atoms with Crippen molar-refractivity contribution in [2.45, 2.75) is 19.9 Å². The lowest BCUT2D eigenvalue weighted by molar-refractivity contribution is 0.376. The van der Waals surface area contributed by atoms with E-state index in [0.29, 0.717) is 28.4 Å². The molecular weight excluding hydrogens is 257 g/mol. The summed E-state index contributed by atoms with van der Waals surface area (Å²) in [6.45, 7) is 3.48. The van der Waals surface area contributed by atoms with Gasteiger partial charge in [-0.3, -0.25) is 0 Å². The molecule has 0 aliphatic rings. The van der Waals surface area contributed by atoms with Crippen molar-refractivity contribution in [1.29, 1.82) is 0 Å². The van der Waals surface area contributed by atoms with E-state index in [9.17, 15) is 4.39 Å². The van der Waals surface area contributed by atoms with Crippen LogP contribution in [0.1, 0.15) is 24.1 Å². The zero-order valence-corrected chi connectivity index (χ0v) is 11.8. The first-order valence-corrected chi connectivity index (χ1v) is 6.39. The van der Waals surface area contributed by atoms with E-state index in [1.54, 1.807) is 39.2 Å². The number of benzene rings is 2. The van der Waals surface area contributed by atoms with Gasteiger partial charge in [0, 0.05) is 11.6 Å². The molecule has 3 nitrogen and oxygen atoms in total. The van der Waals surface area contributed by atoms with Crippen LogP contribution in [0.3, 0.4) is 0 Å². The van der Waals surface area contributed by atoms with Crippen molar-refractivity contribution in [1.82, 2.24) is 0 Å². The molecule has 0 spiro atoms. The van der Waals surface area contributed by atoms with Crippen LogP contribution in [0.15, 0.2) is 36.4 Å². The minimum absolute atomic E-state index is 0.287. The molecule has 2 rings (SSSR count). The molecule has 0 aromatic heterocycles. The van der Waals surface area contributed by atoms with Crippen LogP contribution in [0, 0.1) is 12.7 Å². The van der Waals surface area contributed by atoms with E-state index in [-0.39, 0.29) is 11.9 Å². The van der Waals surface area contributed by atoms with Crippen molar-refractivity contribution in [2.75, 3.05) is 7.11 Å². The number of hydrogen-bond donors (Lipinski definition) is 1. The molecule has 2 aromatic rings. The van der Waals surface area contributed by atoms with Crippen LogP contribution in [0.5, 0.6) is 17.2 Å². The van der Waals surface area contributed by atoms with Crippen molar-refractivity contribution >= 4 is 0 Å². The summed E-state index contributed by atoms with van der Waals surface area (Å²) in [5.41, 5.74) is 7.02. The predicted octanol–water partition coefficient (Wildman–Crippen LogP) is 3.95. The molecule has 0 fully saturated rings. The highest BCUT2D eigenvalue weighted by molar-refractivity contribution is 5.47. The molecule has 106 valence electrons. The monoisotopic (exact) mass is 275 g/mol. The smallest absolute Gasteiger partial charge is 0.169 e. The van der Waals surface area contributed by atoms with Gasteiger partial charge in [0.15, 0.2) is 11.5 Å².